The number of nitrogens with zero attached hydrogens (tertiary/aromatic N) is 10. The molecule has 0 aliphatic carbocycles. The highest BCUT2D eigenvalue weighted by Gasteiger charge is 2.50. The number of aliphatic hydroxyl groups excluding tert-OH is 1. The second-order valence-electron chi connectivity index (χ2n) is 41.3. The number of aliphatic hydroxyl groups is 1. The molecule has 0 saturated carbocycles. The molecule has 3 fully saturated rings. The van der Waals surface area contributed by atoms with Crippen LogP contribution in [0.15, 0.2) is 42.9 Å². The van der Waals surface area contributed by atoms with Crippen molar-refractivity contribution in [1.29, 1.82) is 0 Å². The molecule has 3 unspecified atom stereocenters. The second kappa shape index (κ2) is 35.7. The first-order chi connectivity index (χ1) is 53.0. The van der Waals surface area contributed by atoms with Gasteiger partial charge in [0, 0.05) is 60.6 Å². The van der Waals surface area contributed by atoms with E-state index in [1.807, 2.05) is 32.3 Å². The lowest BCUT2D eigenvalue weighted by atomic mass is 10.1. The molecule has 0 amide bonds. The van der Waals surface area contributed by atoms with Crippen LogP contribution < -0.4 is 14.9 Å². The van der Waals surface area contributed by atoms with Crippen LogP contribution in [0.5, 0.6) is 0 Å². The Kier molecular flexibility index (Phi) is 29.8. The summed E-state index contributed by atoms with van der Waals surface area (Å²) in [5, 5.41) is 25.0. The van der Waals surface area contributed by atoms with Crippen molar-refractivity contribution < 1.29 is 47.0 Å². The molecule has 0 bridgehead atoms. The third-order valence-electron chi connectivity index (χ3n) is 26.6. The van der Waals surface area contributed by atoms with Gasteiger partial charge in [0.25, 0.3) is 5.69 Å². The Bertz CT molecular complexity index is 4630. The zero-order valence-electron chi connectivity index (χ0n) is 76.2. The Morgan fingerprint density at radius 2 is 0.784 bits per heavy atom. The van der Waals surface area contributed by atoms with Gasteiger partial charge in [-0.2, -0.15) is 15.0 Å². The summed E-state index contributed by atoms with van der Waals surface area (Å²) in [5.74, 6) is 1.43. The van der Waals surface area contributed by atoms with E-state index in [0.717, 1.165) is 31.2 Å². The highest BCUT2D eigenvalue weighted by Crippen LogP contribution is 2.49. The summed E-state index contributed by atoms with van der Waals surface area (Å²) >= 11 is 20.3. The highest BCUT2D eigenvalue weighted by molar-refractivity contribution is 6.84. The monoisotopic (exact) mass is 1770 g/mol. The van der Waals surface area contributed by atoms with Gasteiger partial charge in [0.2, 0.25) is 17.8 Å². The van der Waals surface area contributed by atoms with E-state index in [2.05, 4.69) is 254 Å². The van der Waals surface area contributed by atoms with E-state index in [0.29, 0.717) is 90.8 Å². The molecule has 648 valence electrons. The summed E-state index contributed by atoms with van der Waals surface area (Å²) in [6.45, 7) is 75.6. The van der Waals surface area contributed by atoms with Gasteiger partial charge >= 0.3 is 0 Å². The average molecular weight is 1770 g/mol. The fraction of sp³-hybridized carbons (Fsp3) is 0.699. The van der Waals surface area contributed by atoms with Crippen molar-refractivity contribution in [2.75, 3.05) is 14.9 Å². The number of benzene rings is 1. The Labute approximate surface area is 713 Å². The minimum atomic E-state index is -2.04. The van der Waals surface area contributed by atoms with Crippen molar-refractivity contribution in [1.82, 2.24) is 43.6 Å². The zero-order valence-corrected chi connectivity index (χ0v) is 84.5. The van der Waals surface area contributed by atoms with E-state index in [4.69, 9.17) is 82.0 Å². The third-order valence-corrected chi connectivity index (χ3v) is 54.8. The summed E-state index contributed by atoms with van der Waals surface area (Å²) in [5.41, 5.74) is 4.50. The first-order valence-corrected chi connectivity index (χ1v) is 60.3. The predicted molar refractivity (Wildman–Crippen MR) is 490 cm³/mol. The largest absolute Gasteiger partial charge is 0.411 e. The van der Waals surface area contributed by atoms with Crippen LogP contribution in [0, 0.1) is 10.1 Å². The molecule has 6 aromatic heterocycles. The number of anilines is 3. The number of ketones is 1. The topological polar surface area (TPSA) is 273 Å². The fourth-order valence-electron chi connectivity index (χ4n) is 13.0. The van der Waals surface area contributed by atoms with Gasteiger partial charge in [0.15, 0.2) is 55.4 Å². The molecule has 9 heterocycles. The maximum absolute atomic E-state index is 12.6. The summed E-state index contributed by atoms with van der Waals surface area (Å²) < 4.78 is 52.3. The van der Waals surface area contributed by atoms with Gasteiger partial charge in [-0.25, -0.2) is 15.0 Å². The van der Waals surface area contributed by atoms with Gasteiger partial charge in [0.05, 0.1) is 83.1 Å². The van der Waals surface area contributed by atoms with Crippen molar-refractivity contribution in [3.05, 3.63) is 90.7 Å². The van der Waals surface area contributed by atoms with Crippen molar-refractivity contribution in [3.8, 4) is 0 Å². The van der Waals surface area contributed by atoms with Gasteiger partial charge in [-0.3, -0.25) is 14.9 Å². The van der Waals surface area contributed by atoms with E-state index < -0.39 is 54.6 Å². The summed E-state index contributed by atoms with van der Waals surface area (Å²) in [4.78, 5) is 63.2. The number of para-hydroxylation sites is 1. The van der Waals surface area contributed by atoms with E-state index >= 15 is 0 Å². The molecule has 0 spiro atoms. The lowest BCUT2D eigenvalue weighted by Gasteiger charge is -2.39. The molecule has 3 saturated heterocycles. The maximum atomic E-state index is 12.6. The number of carbonyl (C=O) groups is 1. The van der Waals surface area contributed by atoms with Crippen LogP contribution in [0.3, 0.4) is 0 Å². The molecule has 116 heavy (non-hydrogen) atoms. The molecule has 33 heteroatoms. The summed E-state index contributed by atoms with van der Waals surface area (Å²) in [6.07, 6.45) is 9.39. The SMILES string of the molecule is CC[C@H]1O[C@@H](n2cc(C(C)=O)c3c(Cl)nc(N[Si](C)(C)C(C)(C)C)nc32)CC1O[Si](C)(C)C(C)(C)C.CC[C@H]1O[C@@H](n2cc(CO)c3c(Cl)nc(N[Si](C)(C)C(C)(C)C)nc32)CC1O[Si](C)(C)C(C)(C)C.CC[C@H]1O[C@@H](n2cc(COCc3ccccc3[N+](=O)[O-])c3c(Cl)nc(N[Si](C)(C)C(C)(C)C)nc32)CC1O[Si](C)(C)C(C)(C)C. The van der Waals surface area contributed by atoms with E-state index in [1.165, 1.54) is 6.07 Å². The maximum Gasteiger partial charge on any atom is 0.274 e. The van der Waals surface area contributed by atoms with Crippen LogP contribution in [0.2, 0.25) is 124 Å². The number of hydrogen-bond donors (Lipinski definition) is 4. The first-order valence-electron chi connectivity index (χ1n) is 41.4. The minimum absolute atomic E-state index is 0.00582. The van der Waals surface area contributed by atoms with Crippen LogP contribution in [0.4, 0.5) is 23.5 Å². The molecular formula is C83H140Cl3N13O11Si6. The molecule has 0 radical (unpaired) electrons. The number of nitro benzene ring substituents is 1. The number of carbonyl (C=O) groups excluding carboxylic acids is 1. The number of ether oxygens (including phenoxy) is 4. The lowest BCUT2D eigenvalue weighted by molar-refractivity contribution is -0.386. The summed E-state index contributed by atoms with van der Waals surface area (Å²) in [7, 11) is -11.9. The Hall–Kier alpha value is -4.60. The van der Waals surface area contributed by atoms with Crippen LogP contribution in [-0.2, 0) is 52.0 Å². The highest BCUT2D eigenvalue weighted by atomic mass is 35.5. The molecule has 3 aliphatic heterocycles. The van der Waals surface area contributed by atoms with Crippen molar-refractivity contribution in [3.63, 3.8) is 0 Å². The number of Topliss-reactive ketones (excluding diaryl/α,β-unsaturated/α-hetero) is 1. The van der Waals surface area contributed by atoms with Crippen LogP contribution in [-0.4, -0.2) is 146 Å². The minimum Gasteiger partial charge on any atom is -0.411 e. The molecule has 9 atom stereocenters. The number of nitrogens with one attached hydrogen (secondary N) is 3. The van der Waals surface area contributed by atoms with Crippen molar-refractivity contribution in [2.24, 2.45) is 0 Å². The van der Waals surface area contributed by atoms with Crippen LogP contribution >= 0.6 is 34.8 Å². The molecule has 24 nitrogen and oxygen atoms in total. The van der Waals surface area contributed by atoms with Gasteiger partial charge in [-0.05, 0) is 102 Å². The molecule has 7 aromatic rings. The number of halogens is 3. The van der Waals surface area contributed by atoms with Crippen LogP contribution in [0.1, 0.15) is 237 Å². The van der Waals surface area contributed by atoms with Gasteiger partial charge in [-0.1, -0.05) is 232 Å². The molecule has 10 rings (SSSR count). The normalized spacial score (nSPS) is 21.2. The lowest BCUT2D eigenvalue weighted by Crippen LogP contribution is -2.46. The second-order valence-corrected chi connectivity index (χ2v) is 71.7. The van der Waals surface area contributed by atoms with E-state index in [-0.39, 0.29) is 122 Å². The number of hydrogen-bond acceptors (Lipinski definition) is 20. The quantitative estimate of drug-likeness (QED) is 0.0136. The smallest absolute Gasteiger partial charge is 0.274 e. The Balaban J connectivity index is 0.000000220. The van der Waals surface area contributed by atoms with Gasteiger partial charge in [-0.15, -0.1) is 0 Å². The van der Waals surface area contributed by atoms with Crippen molar-refractivity contribution in [2.45, 2.75) is 375 Å². The number of rotatable bonds is 25. The molecule has 4 N–H and O–H groups in total. The van der Waals surface area contributed by atoms with E-state index in [1.54, 1.807) is 25.1 Å². The number of aromatic nitrogens is 9. The van der Waals surface area contributed by atoms with Crippen molar-refractivity contribution >= 4 is 147 Å². The Morgan fingerprint density at radius 1 is 0.483 bits per heavy atom. The molecular weight excluding hydrogens is 1630 g/mol. The van der Waals surface area contributed by atoms with Gasteiger partial charge < -0.3 is 66.0 Å². The number of nitro groups is 1. The van der Waals surface area contributed by atoms with Gasteiger partial charge in [0.1, 0.15) is 51.1 Å². The average Bonchev–Trinajstić information content (AvgIpc) is 1.61. The molecule has 1 aromatic carbocycles. The zero-order chi connectivity index (χ0) is 87.5. The van der Waals surface area contributed by atoms with E-state index in [9.17, 15) is 20.0 Å². The fourth-order valence-corrected chi connectivity index (χ4v) is 21.1. The number of fused-ring (bicyclic) bond motifs is 3. The van der Waals surface area contributed by atoms with Crippen LogP contribution in [0.25, 0.3) is 33.1 Å². The Morgan fingerprint density at radius 3 is 1.09 bits per heavy atom. The standard InChI is InChI=1S/C32H50ClN5O5Si2.C26H45ClN4O3Si2.C25H45ClN4O3Si2/c1-12-24-25(43-45(10,11)32(5,6)7)17-26(42-24)37-18-22(20-41-19-21-15-13-14-16-23(21)38(39)40)27-28(33)34-30(35-29(27)37)36-44(8,9)31(2,3)4;1-13-18-19(34-36(11,12)26(6,7)8)14-20(33-18)31-15-17(16(2)32)21-22(27)28-24(29-23(21)31)30-35(9,10)25(3,4)5;1-12-17-18(33-35(10,11)25(5,6)7)13-19(32-17)30-14-16(15-31)20-21(26)27-23(28-22(20)30)29-34(8,9)24(2,3)4/h13-16,18,24-26H,12,17,19-20H2,1-11H3,(H,34,35,36);15,18-20H,13-14H2,1-12H3,(H,28,29,30);14,17-19,31H,12-13,15H2,1-11H3,(H,27,28,29)/t24-,25?,26-;18-,19?,20-;17-,18?,19-/m111/s1. The molecule has 3 aliphatic rings. The third kappa shape index (κ3) is 21.5. The summed E-state index contributed by atoms with van der Waals surface area (Å²) in [6, 6.07) is 6.60. The first kappa shape index (κ1) is 96.9. The predicted octanol–water partition coefficient (Wildman–Crippen LogP) is 24.1.